The predicted molar refractivity (Wildman–Crippen MR) is 132 cm³/mol. The van der Waals surface area contributed by atoms with E-state index < -0.39 is 0 Å². The first-order valence-electron chi connectivity index (χ1n) is 11.0. The average Bonchev–Trinajstić information content (AvgIpc) is 3.40. The van der Waals surface area contributed by atoms with Crippen LogP contribution in [-0.2, 0) is 6.54 Å². The summed E-state index contributed by atoms with van der Waals surface area (Å²) in [6.45, 7) is 0.570. The summed E-state index contributed by atoms with van der Waals surface area (Å²) in [6.07, 6.45) is 3.71. The smallest absolute Gasteiger partial charge is 0.268 e. The van der Waals surface area contributed by atoms with Gasteiger partial charge in [0.15, 0.2) is 0 Å². The zero-order chi connectivity index (χ0) is 22.2. The highest BCUT2D eigenvalue weighted by atomic mass is 32.1. The van der Waals surface area contributed by atoms with Gasteiger partial charge in [0.2, 0.25) is 0 Å². The Bertz CT molecular complexity index is 1310. The number of rotatable bonds is 5. The second-order valence-corrected chi connectivity index (χ2v) is 9.56. The largest absolute Gasteiger partial charge is 0.384 e. The van der Waals surface area contributed by atoms with Gasteiger partial charge >= 0.3 is 0 Å². The summed E-state index contributed by atoms with van der Waals surface area (Å²) in [5.74, 6) is -0.0473. The third kappa shape index (κ3) is 3.89. The molecule has 6 nitrogen and oxygen atoms in total. The lowest BCUT2D eigenvalue weighted by molar-refractivity contribution is 0.0917. The quantitative estimate of drug-likeness (QED) is 0.273. The molecule has 0 saturated heterocycles. The lowest BCUT2D eigenvalue weighted by Crippen LogP contribution is -2.41. The van der Waals surface area contributed by atoms with E-state index in [0.717, 1.165) is 36.6 Å². The van der Waals surface area contributed by atoms with Gasteiger partial charge in [0, 0.05) is 39.8 Å². The molecular formula is C25H27N5OS. The minimum atomic E-state index is -0.0654. The maximum Gasteiger partial charge on any atom is 0.268 e. The normalized spacial score (nSPS) is 18.8. The second kappa shape index (κ2) is 8.41. The number of carbonyl (C=O) groups excluding carboxylic acids is 1. The van der Waals surface area contributed by atoms with E-state index in [1.165, 1.54) is 15.6 Å². The fourth-order valence-electron chi connectivity index (χ4n) is 4.65. The molecule has 4 aromatic rings. The topological polar surface area (TPSA) is 110 Å². The Kier molecular flexibility index (Phi) is 5.45. The van der Waals surface area contributed by atoms with E-state index in [-0.39, 0.29) is 23.8 Å². The van der Waals surface area contributed by atoms with Crippen LogP contribution in [0.15, 0.2) is 53.9 Å². The second-order valence-electron chi connectivity index (χ2n) is 8.64. The number of fused-ring (bicyclic) bond motifs is 2. The van der Waals surface area contributed by atoms with Crippen LogP contribution in [-0.4, -0.2) is 28.4 Å². The maximum atomic E-state index is 13.4. The summed E-state index contributed by atoms with van der Waals surface area (Å²) in [6, 6.07) is 16.4. The zero-order valence-corrected chi connectivity index (χ0v) is 18.6. The Balaban J connectivity index is 1.56. The number of carbonyl (C=O) groups is 1. The van der Waals surface area contributed by atoms with E-state index >= 15 is 0 Å². The van der Waals surface area contributed by atoms with Crippen molar-refractivity contribution in [3.8, 4) is 0 Å². The number of aromatic nitrogens is 1. The van der Waals surface area contributed by atoms with Crippen LogP contribution >= 0.6 is 11.3 Å². The summed E-state index contributed by atoms with van der Waals surface area (Å²) < 4.78 is 3.28. The molecule has 2 aromatic heterocycles. The molecule has 0 spiro atoms. The van der Waals surface area contributed by atoms with E-state index in [9.17, 15) is 4.79 Å². The lowest BCUT2D eigenvalue weighted by atomic mass is 9.92. The first-order chi connectivity index (χ1) is 15.5. The zero-order valence-electron chi connectivity index (χ0n) is 17.8. The van der Waals surface area contributed by atoms with Crippen molar-refractivity contribution in [1.82, 2.24) is 9.88 Å². The van der Waals surface area contributed by atoms with Gasteiger partial charge in [-0.1, -0.05) is 30.3 Å². The first kappa shape index (κ1) is 20.7. The van der Waals surface area contributed by atoms with Gasteiger partial charge in [-0.2, -0.15) is 0 Å². The van der Waals surface area contributed by atoms with Crippen LogP contribution in [0.2, 0.25) is 0 Å². The van der Waals surface area contributed by atoms with Crippen LogP contribution in [0.25, 0.3) is 21.0 Å². The van der Waals surface area contributed by atoms with Crippen LogP contribution in [0.1, 0.15) is 47.3 Å². The lowest BCUT2D eigenvalue weighted by Gasteiger charge is -2.27. The van der Waals surface area contributed by atoms with Crippen LogP contribution in [0, 0.1) is 5.41 Å². The fraction of sp³-hybridized carbons (Fsp3) is 0.280. The number of hydrogen-bond acceptors (Lipinski definition) is 4. The summed E-state index contributed by atoms with van der Waals surface area (Å²) in [4.78, 5) is 13.4. The predicted octanol–water partition coefficient (Wildman–Crippen LogP) is 4.19. The van der Waals surface area contributed by atoms with Gasteiger partial charge in [-0.3, -0.25) is 10.2 Å². The number of thiophene rings is 1. The third-order valence-corrected chi connectivity index (χ3v) is 7.45. The molecule has 32 heavy (non-hydrogen) atoms. The van der Waals surface area contributed by atoms with E-state index in [2.05, 4.69) is 39.5 Å². The molecule has 1 aliphatic rings. The number of nitrogens with one attached hydrogen (secondary N) is 2. The van der Waals surface area contributed by atoms with Gasteiger partial charge in [0.05, 0.1) is 0 Å². The van der Waals surface area contributed by atoms with E-state index in [1.54, 1.807) is 11.3 Å². The Morgan fingerprint density at radius 2 is 1.91 bits per heavy atom. The van der Waals surface area contributed by atoms with E-state index in [1.807, 2.05) is 24.3 Å². The van der Waals surface area contributed by atoms with Crippen LogP contribution in [0.4, 0.5) is 0 Å². The van der Waals surface area contributed by atoms with Crippen molar-refractivity contribution < 1.29 is 4.79 Å². The molecule has 1 aliphatic carbocycles. The summed E-state index contributed by atoms with van der Waals surface area (Å²) >= 11 is 1.71. The van der Waals surface area contributed by atoms with Crippen molar-refractivity contribution >= 4 is 44.1 Å². The molecule has 0 unspecified atom stereocenters. The van der Waals surface area contributed by atoms with Crippen LogP contribution < -0.4 is 16.8 Å². The highest BCUT2D eigenvalue weighted by Crippen LogP contribution is 2.29. The van der Waals surface area contributed by atoms with Gasteiger partial charge in [0.25, 0.3) is 5.91 Å². The fourth-order valence-corrected chi connectivity index (χ4v) is 5.56. The molecule has 0 atom stereocenters. The Morgan fingerprint density at radius 3 is 2.69 bits per heavy atom. The minimum Gasteiger partial charge on any atom is -0.384 e. The molecule has 1 fully saturated rings. The molecule has 2 aromatic carbocycles. The van der Waals surface area contributed by atoms with E-state index in [4.69, 9.17) is 16.9 Å². The minimum absolute atomic E-state index is 0.0181. The van der Waals surface area contributed by atoms with Gasteiger partial charge in [-0.25, -0.2) is 0 Å². The number of amides is 1. The van der Waals surface area contributed by atoms with Gasteiger partial charge < -0.3 is 21.4 Å². The number of nitrogens with zero attached hydrogens (tertiary/aromatic N) is 1. The molecule has 0 aliphatic heterocycles. The number of nitrogens with two attached hydrogens (primary N) is 2. The van der Waals surface area contributed by atoms with Crippen LogP contribution in [0.3, 0.4) is 0 Å². The SMILES string of the molecule is N=C(N)c1ccc2cc(C(=O)NC3CCC(N)CC3)n(Cc3cccc4ccsc34)c2c1. The molecule has 0 radical (unpaired) electrons. The molecule has 7 heteroatoms. The van der Waals surface area contributed by atoms with Crippen molar-refractivity contribution in [2.75, 3.05) is 0 Å². The van der Waals surface area contributed by atoms with Crippen molar-refractivity contribution in [2.45, 2.75) is 44.3 Å². The molecule has 2 heterocycles. The molecule has 1 saturated carbocycles. The molecule has 5 rings (SSSR count). The Labute approximate surface area is 190 Å². The first-order valence-corrected chi connectivity index (χ1v) is 11.9. The highest BCUT2D eigenvalue weighted by molar-refractivity contribution is 7.17. The van der Waals surface area contributed by atoms with Crippen LogP contribution in [0.5, 0.6) is 0 Å². The monoisotopic (exact) mass is 445 g/mol. The van der Waals surface area contributed by atoms with Crippen molar-refractivity contribution in [1.29, 1.82) is 5.41 Å². The van der Waals surface area contributed by atoms with Gasteiger partial charge in [-0.05, 0) is 60.2 Å². The van der Waals surface area contributed by atoms with Crippen molar-refractivity contribution in [3.63, 3.8) is 0 Å². The molecule has 1 amide bonds. The molecule has 164 valence electrons. The molecule has 6 N–H and O–H groups in total. The van der Waals surface area contributed by atoms with Crippen molar-refractivity contribution in [2.24, 2.45) is 11.5 Å². The highest BCUT2D eigenvalue weighted by Gasteiger charge is 2.23. The maximum absolute atomic E-state index is 13.4. The summed E-state index contributed by atoms with van der Waals surface area (Å²) in [5.41, 5.74) is 15.1. The van der Waals surface area contributed by atoms with Gasteiger partial charge in [-0.15, -0.1) is 11.3 Å². The summed E-state index contributed by atoms with van der Waals surface area (Å²) in [5, 5.41) is 15.3. The molecular weight excluding hydrogens is 418 g/mol. The number of nitrogen functional groups attached to an aromatic ring is 1. The van der Waals surface area contributed by atoms with Crippen molar-refractivity contribution in [3.05, 3.63) is 70.7 Å². The summed E-state index contributed by atoms with van der Waals surface area (Å²) in [7, 11) is 0. The van der Waals surface area contributed by atoms with E-state index in [0.29, 0.717) is 17.8 Å². The Morgan fingerprint density at radius 1 is 1.09 bits per heavy atom. The molecule has 0 bridgehead atoms. The number of benzene rings is 2. The number of amidine groups is 1. The standard InChI is InChI=1S/C25H27N5OS/c26-19-6-8-20(9-7-19)29-25(31)22-12-16-4-5-17(24(27)28)13-21(16)30(22)14-18-3-1-2-15-10-11-32-23(15)18/h1-5,10-13,19-20H,6-9,14,26H2,(H3,27,28)(H,29,31). The van der Waals surface area contributed by atoms with Gasteiger partial charge in [0.1, 0.15) is 11.5 Å². The third-order valence-electron chi connectivity index (χ3n) is 6.44. The average molecular weight is 446 g/mol. The number of hydrogen-bond donors (Lipinski definition) is 4. The Hall–Kier alpha value is -3.16.